The molecule has 0 bridgehead atoms. The normalized spacial score (nSPS) is 11.1. The van der Waals surface area contributed by atoms with E-state index in [1.165, 1.54) is 6.20 Å². The van der Waals surface area contributed by atoms with Crippen LogP contribution < -0.4 is 5.43 Å². The van der Waals surface area contributed by atoms with Crippen LogP contribution in [-0.2, 0) is 0 Å². The number of pyridine rings is 1. The molecule has 3 rings (SSSR count). The second-order valence-corrected chi connectivity index (χ2v) is 4.68. The highest BCUT2D eigenvalue weighted by atomic mass is 16.2. The summed E-state index contributed by atoms with van der Waals surface area (Å²) in [6.07, 6.45) is 5.01. The molecule has 0 spiro atoms. The van der Waals surface area contributed by atoms with Crippen LogP contribution in [0.2, 0.25) is 0 Å². The van der Waals surface area contributed by atoms with Gasteiger partial charge < -0.3 is 4.98 Å². The fraction of sp³-hybridized carbons (Fsp3) is 0.0625. The average Bonchev–Trinajstić information content (AvgIpc) is 2.91. The fourth-order valence-corrected chi connectivity index (χ4v) is 2.03. The zero-order valence-corrected chi connectivity index (χ0v) is 11.5. The Morgan fingerprint density at radius 1 is 1.29 bits per heavy atom. The van der Waals surface area contributed by atoms with Crippen LogP contribution in [0.4, 0.5) is 0 Å². The molecule has 21 heavy (non-hydrogen) atoms. The van der Waals surface area contributed by atoms with E-state index < -0.39 is 0 Å². The average molecular weight is 278 g/mol. The number of benzene rings is 1. The van der Waals surface area contributed by atoms with Gasteiger partial charge in [0.2, 0.25) is 0 Å². The van der Waals surface area contributed by atoms with Crippen molar-refractivity contribution in [1.82, 2.24) is 15.4 Å². The Morgan fingerprint density at radius 3 is 2.95 bits per heavy atom. The van der Waals surface area contributed by atoms with Gasteiger partial charge in [0.05, 0.1) is 11.8 Å². The Bertz CT molecular complexity index is 803. The number of aromatic nitrogens is 2. The van der Waals surface area contributed by atoms with Gasteiger partial charge in [-0.2, -0.15) is 5.10 Å². The lowest BCUT2D eigenvalue weighted by Gasteiger charge is -1.99. The molecule has 1 amide bonds. The van der Waals surface area contributed by atoms with E-state index in [2.05, 4.69) is 20.5 Å². The first-order chi connectivity index (χ1) is 10.2. The van der Waals surface area contributed by atoms with Gasteiger partial charge in [0.25, 0.3) is 5.91 Å². The topological polar surface area (TPSA) is 70.1 Å². The largest absolute Gasteiger partial charge is 0.361 e. The Balaban J connectivity index is 1.72. The van der Waals surface area contributed by atoms with Crippen LogP contribution in [0.25, 0.3) is 10.9 Å². The summed E-state index contributed by atoms with van der Waals surface area (Å²) in [5, 5.41) is 5.05. The summed E-state index contributed by atoms with van der Waals surface area (Å²) in [6.45, 7) is 1.87. The summed E-state index contributed by atoms with van der Waals surface area (Å²) < 4.78 is 0. The number of hydrogen-bond acceptors (Lipinski definition) is 3. The number of para-hydroxylation sites is 1. The molecule has 1 aromatic carbocycles. The summed E-state index contributed by atoms with van der Waals surface area (Å²) >= 11 is 0. The molecule has 0 fully saturated rings. The SMILES string of the molecule is Cc1ccc(C(=O)NN=Cc2c[nH]c3ccccc23)cn1. The standard InChI is InChI=1S/C16H14N4O/c1-11-6-7-12(8-17-11)16(21)20-19-10-13-9-18-15-5-3-2-4-14(13)15/h2-10,18H,1H3,(H,20,21). The first kappa shape index (κ1) is 13.1. The van der Waals surface area contributed by atoms with Crippen molar-refractivity contribution in [3.8, 4) is 0 Å². The number of fused-ring (bicyclic) bond motifs is 1. The van der Waals surface area contributed by atoms with Crippen molar-refractivity contribution in [2.24, 2.45) is 5.10 Å². The van der Waals surface area contributed by atoms with Gasteiger partial charge in [0, 0.05) is 34.6 Å². The number of carbonyl (C=O) groups is 1. The van der Waals surface area contributed by atoms with E-state index in [0.717, 1.165) is 22.2 Å². The number of hydrogen-bond donors (Lipinski definition) is 2. The monoisotopic (exact) mass is 278 g/mol. The third-order valence-corrected chi connectivity index (χ3v) is 3.16. The Hall–Kier alpha value is -2.95. The predicted octanol–water partition coefficient (Wildman–Crippen LogP) is 2.64. The van der Waals surface area contributed by atoms with Crippen LogP contribution in [0.1, 0.15) is 21.6 Å². The molecule has 0 radical (unpaired) electrons. The summed E-state index contributed by atoms with van der Waals surface area (Å²) in [6, 6.07) is 11.4. The van der Waals surface area contributed by atoms with Crippen LogP contribution >= 0.6 is 0 Å². The van der Waals surface area contributed by atoms with E-state index in [1.54, 1.807) is 18.3 Å². The zero-order valence-electron chi connectivity index (χ0n) is 11.5. The van der Waals surface area contributed by atoms with E-state index in [-0.39, 0.29) is 5.91 Å². The van der Waals surface area contributed by atoms with Crippen LogP contribution in [0, 0.1) is 6.92 Å². The molecule has 0 aliphatic heterocycles. The maximum absolute atomic E-state index is 11.9. The van der Waals surface area contributed by atoms with Gasteiger partial charge in [-0.25, -0.2) is 5.43 Å². The lowest BCUT2D eigenvalue weighted by Crippen LogP contribution is -2.17. The van der Waals surface area contributed by atoms with Crippen molar-refractivity contribution in [1.29, 1.82) is 0 Å². The molecule has 2 N–H and O–H groups in total. The molecule has 5 heteroatoms. The summed E-state index contributed by atoms with van der Waals surface area (Å²) in [5.41, 5.74) is 5.81. The van der Waals surface area contributed by atoms with Gasteiger partial charge in [-0.3, -0.25) is 9.78 Å². The molecule has 0 saturated carbocycles. The smallest absolute Gasteiger partial charge is 0.272 e. The molecule has 5 nitrogen and oxygen atoms in total. The summed E-state index contributed by atoms with van der Waals surface area (Å²) in [7, 11) is 0. The minimum atomic E-state index is -0.279. The Morgan fingerprint density at radius 2 is 2.14 bits per heavy atom. The molecule has 0 aliphatic carbocycles. The number of rotatable bonds is 3. The minimum absolute atomic E-state index is 0.279. The van der Waals surface area contributed by atoms with Crippen molar-refractivity contribution >= 4 is 23.0 Å². The number of amides is 1. The van der Waals surface area contributed by atoms with Gasteiger partial charge in [-0.15, -0.1) is 0 Å². The zero-order chi connectivity index (χ0) is 14.7. The summed E-state index contributed by atoms with van der Waals surface area (Å²) in [4.78, 5) is 19.1. The molecule has 2 aromatic heterocycles. The van der Waals surface area contributed by atoms with Gasteiger partial charge in [0.15, 0.2) is 0 Å². The van der Waals surface area contributed by atoms with Crippen molar-refractivity contribution in [2.75, 3.05) is 0 Å². The lowest BCUT2D eigenvalue weighted by atomic mass is 10.2. The Labute approximate surface area is 121 Å². The van der Waals surface area contributed by atoms with Gasteiger partial charge in [0.1, 0.15) is 0 Å². The molecular formula is C16H14N4O. The quantitative estimate of drug-likeness (QED) is 0.571. The van der Waals surface area contributed by atoms with Gasteiger partial charge in [-0.05, 0) is 25.1 Å². The number of nitrogens with zero attached hydrogens (tertiary/aromatic N) is 2. The van der Waals surface area contributed by atoms with Crippen molar-refractivity contribution in [3.05, 3.63) is 65.6 Å². The lowest BCUT2D eigenvalue weighted by molar-refractivity contribution is 0.0955. The molecule has 104 valence electrons. The number of carbonyl (C=O) groups excluding carboxylic acids is 1. The highest BCUT2D eigenvalue weighted by Crippen LogP contribution is 2.15. The number of H-pyrrole nitrogens is 1. The predicted molar refractivity (Wildman–Crippen MR) is 82.3 cm³/mol. The Kier molecular flexibility index (Phi) is 3.47. The molecule has 0 aliphatic rings. The maximum atomic E-state index is 11.9. The van der Waals surface area contributed by atoms with Crippen LogP contribution in [0.5, 0.6) is 0 Å². The van der Waals surface area contributed by atoms with Gasteiger partial charge in [-0.1, -0.05) is 18.2 Å². The molecule has 0 atom stereocenters. The van der Waals surface area contributed by atoms with E-state index >= 15 is 0 Å². The molecule has 3 aromatic rings. The van der Waals surface area contributed by atoms with Crippen molar-refractivity contribution in [2.45, 2.75) is 6.92 Å². The van der Waals surface area contributed by atoms with E-state index in [1.807, 2.05) is 37.4 Å². The number of aromatic amines is 1. The maximum Gasteiger partial charge on any atom is 0.272 e. The fourth-order valence-electron chi connectivity index (χ4n) is 2.03. The van der Waals surface area contributed by atoms with Gasteiger partial charge >= 0.3 is 0 Å². The molecule has 0 saturated heterocycles. The van der Waals surface area contributed by atoms with Crippen molar-refractivity contribution in [3.63, 3.8) is 0 Å². The summed E-state index contributed by atoms with van der Waals surface area (Å²) in [5.74, 6) is -0.279. The third kappa shape index (κ3) is 2.81. The van der Waals surface area contributed by atoms with Crippen LogP contribution in [0.15, 0.2) is 53.9 Å². The first-order valence-electron chi connectivity index (χ1n) is 6.56. The van der Waals surface area contributed by atoms with E-state index in [0.29, 0.717) is 5.56 Å². The number of nitrogens with one attached hydrogen (secondary N) is 2. The first-order valence-corrected chi connectivity index (χ1v) is 6.56. The third-order valence-electron chi connectivity index (χ3n) is 3.16. The molecule has 2 heterocycles. The van der Waals surface area contributed by atoms with Crippen LogP contribution in [-0.4, -0.2) is 22.1 Å². The van der Waals surface area contributed by atoms with E-state index in [4.69, 9.17) is 0 Å². The minimum Gasteiger partial charge on any atom is -0.361 e. The highest BCUT2D eigenvalue weighted by Gasteiger charge is 2.04. The highest BCUT2D eigenvalue weighted by molar-refractivity contribution is 6.00. The molecule has 0 unspecified atom stereocenters. The van der Waals surface area contributed by atoms with E-state index in [9.17, 15) is 4.79 Å². The van der Waals surface area contributed by atoms with Crippen molar-refractivity contribution < 1.29 is 4.79 Å². The molecular weight excluding hydrogens is 264 g/mol. The number of hydrazone groups is 1. The second-order valence-electron chi connectivity index (χ2n) is 4.68. The number of aryl methyl sites for hydroxylation is 1. The second kappa shape index (κ2) is 5.58. The van der Waals surface area contributed by atoms with Crippen LogP contribution in [0.3, 0.4) is 0 Å².